The highest BCUT2D eigenvalue weighted by atomic mass is 32.2. The van der Waals surface area contributed by atoms with Gasteiger partial charge in [0.1, 0.15) is 23.9 Å². The van der Waals surface area contributed by atoms with Crippen LogP contribution >= 0.6 is 0 Å². The number of ketones is 1. The lowest BCUT2D eigenvalue weighted by Crippen LogP contribution is -2.50. The highest BCUT2D eigenvalue weighted by molar-refractivity contribution is 7.91. The average Bonchev–Trinajstić information content (AvgIpc) is 3.04. The number of aliphatic imine (C=N–C) groups is 2. The Morgan fingerprint density at radius 2 is 1.88 bits per heavy atom. The Bertz CT molecular complexity index is 1580. The van der Waals surface area contributed by atoms with E-state index in [-0.39, 0.29) is 36.2 Å². The number of ether oxygens (including phenoxy) is 1. The van der Waals surface area contributed by atoms with Crippen molar-refractivity contribution >= 4 is 39.3 Å². The van der Waals surface area contributed by atoms with Crippen LogP contribution in [-0.2, 0) is 25.0 Å². The van der Waals surface area contributed by atoms with Gasteiger partial charge in [-0.05, 0) is 75.3 Å². The molecule has 13 heteroatoms. The molecule has 0 aliphatic rings. The molecule has 0 radical (unpaired) electrons. The molecule has 0 fully saturated rings. The normalized spacial score (nSPS) is 17.1. The van der Waals surface area contributed by atoms with Gasteiger partial charge in [-0.1, -0.05) is 34.1 Å². The van der Waals surface area contributed by atoms with E-state index in [0.29, 0.717) is 48.4 Å². The van der Waals surface area contributed by atoms with Gasteiger partial charge in [0, 0.05) is 31.4 Å². The summed E-state index contributed by atoms with van der Waals surface area (Å²) in [7, 11) is -0.397. The second-order valence-electron chi connectivity index (χ2n) is 12.8. The SMILES string of the molecule is CCCC(C)(CC(C)C(C)S(=O)(=O)CC)C(C)(N=C(N)N(C)C(C=O)C(C)=O)c1cc(N=C(CCO)c2ccc(OC)cn2)ccc1F. The molecule has 2 rings (SSSR count). The van der Waals surface area contributed by atoms with Gasteiger partial charge in [0.05, 0.1) is 41.2 Å². The van der Waals surface area contributed by atoms with Crippen LogP contribution in [0.2, 0.25) is 0 Å². The number of aliphatic hydroxyl groups excluding tert-OH is 1. The number of nitrogens with two attached hydrogens (primary N) is 1. The Morgan fingerprint density at radius 1 is 1.21 bits per heavy atom. The van der Waals surface area contributed by atoms with Crippen molar-refractivity contribution in [3.8, 4) is 5.75 Å². The summed E-state index contributed by atoms with van der Waals surface area (Å²) >= 11 is 0. The fourth-order valence-corrected chi connectivity index (χ4v) is 7.48. The Balaban J connectivity index is 2.92. The number of guanidine groups is 1. The Labute approximate surface area is 284 Å². The van der Waals surface area contributed by atoms with Crippen molar-refractivity contribution < 1.29 is 32.2 Å². The highest BCUT2D eigenvalue weighted by Gasteiger charge is 2.49. The second-order valence-corrected chi connectivity index (χ2v) is 15.4. The molecule has 0 aliphatic carbocycles. The first-order valence-corrected chi connectivity index (χ1v) is 17.9. The zero-order valence-electron chi connectivity index (χ0n) is 29.7. The van der Waals surface area contributed by atoms with Gasteiger partial charge in [-0.15, -0.1) is 0 Å². The fourth-order valence-electron chi connectivity index (χ4n) is 6.15. The summed E-state index contributed by atoms with van der Waals surface area (Å²) in [5.74, 6) is -1.00. The molecule has 5 unspecified atom stereocenters. The minimum atomic E-state index is -3.39. The molecule has 5 atom stereocenters. The van der Waals surface area contributed by atoms with Gasteiger partial charge in [-0.25, -0.2) is 17.8 Å². The molecule has 1 aromatic carbocycles. The van der Waals surface area contributed by atoms with Gasteiger partial charge in [-0.2, -0.15) is 0 Å². The lowest BCUT2D eigenvalue weighted by Gasteiger charge is -2.47. The van der Waals surface area contributed by atoms with Gasteiger partial charge in [0.2, 0.25) is 0 Å². The molecular weight excluding hydrogens is 637 g/mol. The van der Waals surface area contributed by atoms with Crippen LogP contribution in [-0.4, -0.2) is 85.0 Å². The number of carbonyl (C=O) groups is 2. The van der Waals surface area contributed by atoms with Gasteiger partial charge in [-0.3, -0.25) is 14.8 Å². The van der Waals surface area contributed by atoms with Crippen LogP contribution in [0.4, 0.5) is 10.1 Å². The monoisotopic (exact) mass is 689 g/mol. The molecule has 2 aromatic rings. The lowest BCUT2D eigenvalue weighted by molar-refractivity contribution is -0.125. The summed E-state index contributed by atoms with van der Waals surface area (Å²) < 4.78 is 47.3. The number of aliphatic hydroxyl groups is 1. The summed E-state index contributed by atoms with van der Waals surface area (Å²) in [5.41, 5.74) is 5.65. The summed E-state index contributed by atoms with van der Waals surface area (Å²) in [5, 5.41) is 9.13. The van der Waals surface area contributed by atoms with Crippen molar-refractivity contribution in [1.82, 2.24) is 9.88 Å². The van der Waals surface area contributed by atoms with Crippen molar-refractivity contribution in [2.24, 2.45) is 27.1 Å². The Hall–Kier alpha value is -3.71. The number of methoxy groups -OCH3 is 1. The number of sulfone groups is 1. The molecule has 1 aromatic heterocycles. The Kier molecular flexibility index (Phi) is 14.4. The second kappa shape index (κ2) is 17.1. The minimum Gasteiger partial charge on any atom is -0.495 e. The van der Waals surface area contributed by atoms with Crippen LogP contribution in [0, 0.1) is 17.2 Å². The number of rotatable bonds is 18. The highest BCUT2D eigenvalue weighted by Crippen LogP contribution is 2.52. The molecule has 48 heavy (non-hydrogen) atoms. The minimum absolute atomic E-state index is 0.0117. The van der Waals surface area contributed by atoms with E-state index in [1.165, 1.54) is 44.3 Å². The largest absolute Gasteiger partial charge is 0.495 e. The van der Waals surface area contributed by atoms with E-state index < -0.39 is 43.7 Å². The van der Waals surface area contributed by atoms with Crippen LogP contribution < -0.4 is 10.5 Å². The predicted molar refractivity (Wildman–Crippen MR) is 188 cm³/mol. The summed E-state index contributed by atoms with van der Waals surface area (Å²) in [6, 6.07) is 6.59. The van der Waals surface area contributed by atoms with E-state index in [0.717, 1.165) is 0 Å². The standard InChI is InChI=1S/C35H52FN5O6S/c1-10-17-34(6,20-23(3)25(5)48(45,46)11-2)35(7,40-33(37)41(8)32(22-43)24(4)44)28-19-26(12-14-29(28)36)39-31(16-18-42)30-15-13-27(47-9)21-38-30/h12-15,19,21-23,25,32,42H,10-11,16-18,20H2,1-9H3,(H2,37,40). The van der Waals surface area contributed by atoms with Crippen LogP contribution in [0.1, 0.15) is 85.4 Å². The van der Waals surface area contributed by atoms with E-state index in [1.54, 1.807) is 39.0 Å². The summed E-state index contributed by atoms with van der Waals surface area (Å²) in [6.07, 6.45) is 3.68. The molecule has 0 bridgehead atoms. The first-order chi connectivity index (χ1) is 22.4. The van der Waals surface area contributed by atoms with Gasteiger partial charge in [0.25, 0.3) is 0 Å². The third-order valence-electron chi connectivity index (χ3n) is 9.54. The lowest BCUT2D eigenvalue weighted by atomic mass is 9.62. The number of hydrogen-bond acceptors (Lipinski definition) is 9. The number of halogens is 1. The van der Waals surface area contributed by atoms with Crippen molar-refractivity contribution in [3.63, 3.8) is 0 Å². The van der Waals surface area contributed by atoms with Crippen LogP contribution in [0.3, 0.4) is 0 Å². The first-order valence-electron chi connectivity index (χ1n) is 16.2. The number of hydrogen-bond donors (Lipinski definition) is 2. The van der Waals surface area contributed by atoms with E-state index >= 15 is 4.39 Å². The van der Waals surface area contributed by atoms with Crippen molar-refractivity contribution in [2.75, 3.05) is 26.5 Å². The number of aldehydes is 1. The molecule has 0 spiro atoms. The van der Waals surface area contributed by atoms with Crippen LogP contribution in [0.5, 0.6) is 5.75 Å². The predicted octanol–water partition coefficient (Wildman–Crippen LogP) is 5.01. The summed E-state index contributed by atoms with van der Waals surface area (Å²) in [4.78, 5) is 39.4. The third-order valence-corrected chi connectivity index (χ3v) is 11.9. The molecule has 11 nitrogen and oxygen atoms in total. The molecule has 3 N–H and O–H groups in total. The molecule has 0 aliphatic heterocycles. The number of nitrogens with zero attached hydrogens (tertiary/aromatic N) is 4. The fraction of sp³-hybridized carbons (Fsp3) is 0.571. The molecule has 0 saturated heterocycles. The number of likely N-dealkylation sites (N-methyl/N-ethyl adjacent to an activating group) is 1. The van der Waals surface area contributed by atoms with Gasteiger partial charge < -0.3 is 25.3 Å². The number of Topliss-reactive ketones (excluding diaryl/α,β-unsaturated/α-hetero) is 1. The molecular formula is C35H52FN5O6S. The Morgan fingerprint density at radius 3 is 2.38 bits per heavy atom. The van der Waals surface area contributed by atoms with Gasteiger partial charge in [0.15, 0.2) is 21.6 Å². The van der Waals surface area contributed by atoms with E-state index in [4.69, 9.17) is 20.5 Å². The molecule has 266 valence electrons. The van der Waals surface area contributed by atoms with Crippen LogP contribution in [0.25, 0.3) is 0 Å². The number of aromatic nitrogens is 1. The molecule has 0 saturated carbocycles. The van der Waals surface area contributed by atoms with Gasteiger partial charge >= 0.3 is 0 Å². The van der Waals surface area contributed by atoms with Crippen LogP contribution in [0.15, 0.2) is 46.5 Å². The van der Waals surface area contributed by atoms with Crippen molar-refractivity contribution in [1.29, 1.82) is 0 Å². The molecule has 0 amide bonds. The maximum absolute atomic E-state index is 16.2. The smallest absolute Gasteiger partial charge is 0.192 e. The van der Waals surface area contributed by atoms with E-state index in [2.05, 4.69) is 4.98 Å². The van der Waals surface area contributed by atoms with Crippen molar-refractivity contribution in [2.45, 2.75) is 91.0 Å². The van der Waals surface area contributed by atoms with E-state index in [1.807, 2.05) is 20.8 Å². The van der Waals surface area contributed by atoms with Crippen molar-refractivity contribution in [3.05, 3.63) is 53.6 Å². The maximum atomic E-state index is 16.2. The maximum Gasteiger partial charge on any atom is 0.192 e. The third kappa shape index (κ3) is 9.25. The molecule has 1 heterocycles. The number of pyridine rings is 1. The average molecular weight is 690 g/mol. The number of carbonyl (C=O) groups excluding carboxylic acids is 2. The van der Waals surface area contributed by atoms with E-state index in [9.17, 15) is 23.1 Å². The zero-order valence-corrected chi connectivity index (χ0v) is 30.5. The quantitative estimate of drug-likeness (QED) is 0.0948. The zero-order chi connectivity index (χ0) is 36.4. The number of benzene rings is 1. The summed E-state index contributed by atoms with van der Waals surface area (Å²) in [6.45, 7) is 11.9. The topological polar surface area (TPSA) is 165 Å². The first kappa shape index (κ1) is 40.5.